The molecule has 0 aliphatic carbocycles. The summed E-state index contributed by atoms with van der Waals surface area (Å²) in [6, 6.07) is 2.24. The minimum atomic E-state index is 0. The van der Waals surface area contributed by atoms with E-state index in [1.54, 1.807) is 7.11 Å². The fourth-order valence-electron chi connectivity index (χ4n) is 1.13. The Labute approximate surface area is 103 Å². The van der Waals surface area contributed by atoms with Crippen molar-refractivity contribution >= 4 is 0 Å². The summed E-state index contributed by atoms with van der Waals surface area (Å²) in [6.45, 7) is 12.6. The third-order valence-electron chi connectivity index (χ3n) is 2.38. The first kappa shape index (κ1) is 16.5. The minimum absolute atomic E-state index is 0. The number of hydrogen-bond donors (Lipinski definition) is 0. The van der Waals surface area contributed by atoms with E-state index in [0.29, 0.717) is 6.61 Å². The second-order valence-electron chi connectivity index (χ2n) is 3.25. The predicted molar refractivity (Wildman–Crippen MR) is 58.2 cm³/mol. The number of ether oxygens (including phenoxy) is 1. The van der Waals surface area contributed by atoms with Gasteiger partial charge in [0.2, 0.25) is 0 Å². The van der Waals surface area contributed by atoms with Crippen LogP contribution in [-0.2, 0) is 26.5 Å². The van der Waals surface area contributed by atoms with E-state index in [4.69, 9.17) is 0 Å². The van der Waals surface area contributed by atoms with Crippen molar-refractivity contribution < 1.29 is 26.5 Å². The molecule has 0 fully saturated rings. The summed E-state index contributed by atoms with van der Waals surface area (Å²) in [4.78, 5) is 0. The van der Waals surface area contributed by atoms with Gasteiger partial charge in [0.15, 0.2) is 0 Å². The van der Waals surface area contributed by atoms with Gasteiger partial charge in [0.25, 0.3) is 0 Å². The maximum atomic E-state index is 4.43. The number of rotatable bonds is 1. The van der Waals surface area contributed by atoms with Crippen molar-refractivity contribution in [1.29, 1.82) is 0 Å². The quantitative estimate of drug-likeness (QED) is 0.530. The number of methoxy groups -OCH3 is 1. The molecular weight excluding hydrogens is 208 g/mol. The first-order valence-corrected chi connectivity index (χ1v) is 4.52. The molecule has 1 aromatic carbocycles. The summed E-state index contributed by atoms with van der Waals surface area (Å²) in [5.41, 5.74) is 5.75. The van der Waals surface area contributed by atoms with E-state index in [9.17, 15) is 0 Å². The summed E-state index contributed by atoms with van der Waals surface area (Å²) in [5.74, 6) is 0. The molecule has 0 unspecified atom stereocenters. The van der Waals surface area contributed by atoms with Crippen LogP contribution in [0.5, 0.6) is 0 Å². The Balaban J connectivity index is 0. The summed E-state index contributed by atoms with van der Waals surface area (Å²) >= 11 is 0. The number of hydrogen-bond acceptors (Lipinski definition) is 1. The second kappa shape index (κ2) is 8.34. The average molecular weight is 228 g/mol. The average Bonchev–Trinajstić information content (AvgIpc) is 2.34. The van der Waals surface area contributed by atoms with Crippen LogP contribution in [0, 0.1) is 34.6 Å². The Morgan fingerprint density at radius 1 is 1.07 bits per heavy atom. The van der Waals surface area contributed by atoms with Gasteiger partial charge in [-0.1, -0.05) is 34.3 Å². The van der Waals surface area contributed by atoms with Crippen LogP contribution in [-0.4, -0.2) is 13.7 Å². The third kappa shape index (κ3) is 5.04. The SMILES string of the molecule is Cc1[cH-]c(C)c(C)c1C.[CH2-]COC.[Ti+2]. The Hall–Kier alpha value is 0.0243. The largest absolute Gasteiger partial charge is 2.00 e. The van der Waals surface area contributed by atoms with Gasteiger partial charge >= 0.3 is 21.7 Å². The molecule has 0 saturated heterocycles. The fraction of sp³-hybridized carbons (Fsp3) is 0.500. The van der Waals surface area contributed by atoms with Crippen molar-refractivity contribution in [3.63, 3.8) is 0 Å². The van der Waals surface area contributed by atoms with Gasteiger partial charge in [-0.3, -0.25) is 0 Å². The molecule has 0 heterocycles. The van der Waals surface area contributed by atoms with E-state index in [-0.39, 0.29) is 21.7 Å². The molecule has 1 aromatic rings. The van der Waals surface area contributed by atoms with Gasteiger partial charge in [-0.2, -0.15) is 28.3 Å². The van der Waals surface area contributed by atoms with E-state index in [2.05, 4.69) is 45.4 Å². The van der Waals surface area contributed by atoms with E-state index in [0.717, 1.165) is 0 Å². The molecular formula is C12H20OTi. The molecule has 0 saturated carbocycles. The molecule has 0 aliphatic heterocycles. The Kier molecular flexibility index (Phi) is 9.80. The normalized spacial score (nSPS) is 8.71. The van der Waals surface area contributed by atoms with Gasteiger partial charge in [-0.25, -0.2) is 0 Å². The van der Waals surface area contributed by atoms with Gasteiger partial charge in [0, 0.05) is 7.11 Å². The van der Waals surface area contributed by atoms with E-state index < -0.39 is 0 Å². The van der Waals surface area contributed by atoms with Gasteiger partial charge in [-0.15, -0.1) is 0 Å². The summed E-state index contributed by atoms with van der Waals surface area (Å²) in [7, 11) is 1.62. The Bertz CT molecular complexity index is 227. The van der Waals surface area contributed by atoms with Crippen LogP contribution in [0.2, 0.25) is 0 Å². The summed E-state index contributed by atoms with van der Waals surface area (Å²) < 4.78 is 4.43. The van der Waals surface area contributed by atoms with Crippen LogP contribution in [0.15, 0.2) is 6.07 Å². The fourth-order valence-corrected chi connectivity index (χ4v) is 1.13. The molecule has 1 rings (SSSR count). The van der Waals surface area contributed by atoms with E-state index in [1.807, 2.05) is 0 Å². The van der Waals surface area contributed by atoms with Crippen LogP contribution in [0.25, 0.3) is 0 Å². The predicted octanol–water partition coefficient (Wildman–Crippen LogP) is 3.10. The smallest absolute Gasteiger partial charge is 0.417 e. The van der Waals surface area contributed by atoms with Gasteiger partial charge < -0.3 is 11.7 Å². The zero-order valence-corrected chi connectivity index (χ0v) is 11.5. The molecule has 0 atom stereocenters. The first-order chi connectivity index (χ1) is 6.04. The second-order valence-corrected chi connectivity index (χ2v) is 3.25. The molecule has 2 heteroatoms. The summed E-state index contributed by atoms with van der Waals surface area (Å²) in [6.07, 6.45) is 0. The maximum Gasteiger partial charge on any atom is 2.00 e. The molecule has 0 bridgehead atoms. The molecule has 0 radical (unpaired) electrons. The van der Waals surface area contributed by atoms with Crippen LogP contribution in [0.4, 0.5) is 0 Å². The van der Waals surface area contributed by atoms with Gasteiger partial charge in [0.1, 0.15) is 0 Å². The monoisotopic (exact) mass is 228 g/mol. The molecule has 0 aromatic heterocycles. The minimum Gasteiger partial charge on any atom is -0.417 e. The van der Waals surface area contributed by atoms with E-state index in [1.165, 1.54) is 22.3 Å². The van der Waals surface area contributed by atoms with Crippen LogP contribution >= 0.6 is 0 Å². The van der Waals surface area contributed by atoms with Crippen LogP contribution in [0.1, 0.15) is 22.3 Å². The maximum absolute atomic E-state index is 4.43. The van der Waals surface area contributed by atoms with Gasteiger partial charge in [0.05, 0.1) is 0 Å². The molecule has 0 N–H and O–H groups in total. The topological polar surface area (TPSA) is 9.23 Å². The zero-order valence-electron chi connectivity index (χ0n) is 9.90. The number of aryl methyl sites for hydroxylation is 2. The van der Waals surface area contributed by atoms with E-state index >= 15 is 0 Å². The summed E-state index contributed by atoms with van der Waals surface area (Å²) in [5, 5.41) is 0. The molecule has 0 spiro atoms. The zero-order chi connectivity index (χ0) is 10.4. The van der Waals surface area contributed by atoms with Crippen molar-refractivity contribution in [3.8, 4) is 0 Å². The first-order valence-electron chi connectivity index (χ1n) is 4.52. The Morgan fingerprint density at radius 3 is 1.43 bits per heavy atom. The van der Waals surface area contributed by atoms with Crippen molar-refractivity contribution in [2.45, 2.75) is 27.7 Å². The Morgan fingerprint density at radius 2 is 1.36 bits per heavy atom. The van der Waals surface area contributed by atoms with Crippen molar-refractivity contribution in [2.75, 3.05) is 13.7 Å². The van der Waals surface area contributed by atoms with Crippen molar-refractivity contribution in [1.82, 2.24) is 0 Å². The standard InChI is InChI=1S/C9H13.C3H7O.Ti/c1-6-5-7(2)9(4)8(6)3;1-3-4-2;/h5H,1-4H3;1,3H2,2H3;/q2*-1;+2. The molecule has 14 heavy (non-hydrogen) atoms. The molecule has 78 valence electrons. The van der Waals surface area contributed by atoms with Crippen molar-refractivity contribution in [2.24, 2.45) is 0 Å². The van der Waals surface area contributed by atoms with Crippen LogP contribution in [0.3, 0.4) is 0 Å². The molecule has 0 aliphatic rings. The van der Waals surface area contributed by atoms with Crippen LogP contribution < -0.4 is 0 Å². The molecule has 0 amide bonds. The van der Waals surface area contributed by atoms with Crippen molar-refractivity contribution in [3.05, 3.63) is 35.2 Å². The third-order valence-corrected chi connectivity index (χ3v) is 2.38. The van der Waals surface area contributed by atoms with Gasteiger partial charge in [-0.05, 0) is 0 Å². The molecule has 1 nitrogen and oxygen atoms in total.